The lowest BCUT2D eigenvalue weighted by atomic mass is 10.1. The minimum Gasteiger partial charge on any atom is -0.497 e. The molecule has 0 aliphatic carbocycles. The van der Waals surface area contributed by atoms with Crippen molar-refractivity contribution in [2.45, 2.75) is 13.1 Å². The molecule has 128 valence electrons. The number of benzene rings is 2. The Labute approximate surface area is 144 Å². The van der Waals surface area contributed by atoms with Gasteiger partial charge in [0, 0.05) is 11.1 Å². The van der Waals surface area contributed by atoms with Crippen LogP contribution in [0.5, 0.6) is 11.5 Å². The van der Waals surface area contributed by atoms with Gasteiger partial charge in [-0.2, -0.15) is 0 Å². The van der Waals surface area contributed by atoms with Gasteiger partial charge in [0.1, 0.15) is 50.8 Å². The summed E-state index contributed by atoms with van der Waals surface area (Å²) < 4.78 is 10.5. The minimum atomic E-state index is 0.932. The number of hydrogen-bond acceptors (Lipinski definition) is 2. The highest BCUT2D eigenvalue weighted by molar-refractivity contribution is 5.28. The molecule has 1 heterocycles. The van der Waals surface area contributed by atoms with Crippen molar-refractivity contribution in [2.75, 3.05) is 40.4 Å². The molecule has 0 amide bonds. The molecule has 0 unspecified atom stereocenters. The number of nitrogens with one attached hydrogen (secondary N) is 2. The third-order valence-electron chi connectivity index (χ3n) is 4.87. The summed E-state index contributed by atoms with van der Waals surface area (Å²) in [6.07, 6.45) is 0. The Bertz CT molecular complexity index is 634. The van der Waals surface area contributed by atoms with E-state index in [9.17, 15) is 0 Å². The van der Waals surface area contributed by atoms with E-state index >= 15 is 0 Å². The van der Waals surface area contributed by atoms with Gasteiger partial charge in [-0.05, 0) is 36.4 Å². The van der Waals surface area contributed by atoms with Gasteiger partial charge in [0.15, 0.2) is 0 Å². The molecule has 24 heavy (non-hydrogen) atoms. The number of ether oxygens (including phenoxy) is 2. The van der Waals surface area contributed by atoms with Gasteiger partial charge in [0.05, 0.1) is 14.2 Å². The van der Waals surface area contributed by atoms with Crippen LogP contribution < -0.4 is 19.3 Å². The summed E-state index contributed by atoms with van der Waals surface area (Å²) in [5, 5.41) is 0. The average molecular weight is 328 g/mol. The van der Waals surface area contributed by atoms with Crippen molar-refractivity contribution in [2.24, 2.45) is 0 Å². The van der Waals surface area contributed by atoms with Crippen LogP contribution in [0.15, 0.2) is 48.5 Å². The van der Waals surface area contributed by atoms with Crippen LogP contribution in [0.25, 0.3) is 0 Å². The van der Waals surface area contributed by atoms with Gasteiger partial charge in [-0.25, -0.2) is 0 Å². The number of piperazine rings is 1. The SMILES string of the molecule is COc1ccc(C[NH+]2CC[NH+](Cc3cccc(OC)c3)CC2)cc1. The Morgan fingerprint density at radius 3 is 1.88 bits per heavy atom. The molecular formula is C20H28N2O2+2. The maximum Gasteiger partial charge on any atom is 0.127 e. The molecule has 2 N–H and O–H groups in total. The third kappa shape index (κ3) is 4.49. The van der Waals surface area contributed by atoms with Crippen molar-refractivity contribution in [3.63, 3.8) is 0 Å². The monoisotopic (exact) mass is 328 g/mol. The van der Waals surface area contributed by atoms with Crippen LogP contribution in [-0.2, 0) is 13.1 Å². The molecule has 0 radical (unpaired) electrons. The lowest BCUT2D eigenvalue weighted by Gasteiger charge is -2.29. The second-order valence-electron chi connectivity index (χ2n) is 6.55. The van der Waals surface area contributed by atoms with Gasteiger partial charge < -0.3 is 19.3 Å². The third-order valence-corrected chi connectivity index (χ3v) is 4.87. The summed E-state index contributed by atoms with van der Waals surface area (Å²) in [5.74, 6) is 1.89. The fourth-order valence-corrected chi connectivity index (χ4v) is 3.41. The molecule has 2 aromatic rings. The molecule has 1 saturated heterocycles. The van der Waals surface area contributed by atoms with Crippen molar-refractivity contribution in [1.82, 2.24) is 0 Å². The fraction of sp³-hybridized carbons (Fsp3) is 0.400. The molecule has 0 spiro atoms. The first kappa shape index (κ1) is 16.8. The van der Waals surface area contributed by atoms with E-state index in [1.165, 1.54) is 37.3 Å². The molecule has 2 aromatic carbocycles. The van der Waals surface area contributed by atoms with E-state index in [2.05, 4.69) is 42.5 Å². The van der Waals surface area contributed by atoms with E-state index in [-0.39, 0.29) is 0 Å². The zero-order valence-electron chi connectivity index (χ0n) is 14.7. The number of rotatable bonds is 6. The number of hydrogen-bond donors (Lipinski definition) is 2. The van der Waals surface area contributed by atoms with Gasteiger partial charge in [-0.3, -0.25) is 0 Å². The zero-order valence-corrected chi connectivity index (χ0v) is 14.7. The molecule has 1 aliphatic heterocycles. The van der Waals surface area contributed by atoms with E-state index in [1.807, 2.05) is 6.07 Å². The Hall–Kier alpha value is -2.04. The first-order chi connectivity index (χ1) is 11.8. The molecule has 4 nitrogen and oxygen atoms in total. The highest BCUT2D eigenvalue weighted by Crippen LogP contribution is 2.12. The first-order valence-corrected chi connectivity index (χ1v) is 8.70. The normalized spacial score (nSPS) is 20.6. The van der Waals surface area contributed by atoms with E-state index in [1.54, 1.807) is 24.0 Å². The van der Waals surface area contributed by atoms with Crippen molar-refractivity contribution in [3.8, 4) is 11.5 Å². The van der Waals surface area contributed by atoms with Crippen LogP contribution in [0, 0.1) is 0 Å². The lowest BCUT2D eigenvalue weighted by molar-refractivity contribution is -1.02. The van der Waals surface area contributed by atoms with Gasteiger partial charge in [0.25, 0.3) is 0 Å². The highest BCUT2D eigenvalue weighted by atomic mass is 16.5. The predicted molar refractivity (Wildman–Crippen MR) is 94.8 cm³/mol. The smallest absolute Gasteiger partial charge is 0.127 e. The lowest BCUT2D eigenvalue weighted by Crippen LogP contribution is -3.27. The minimum absolute atomic E-state index is 0.932. The van der Waals surface area contributed by atoms with Crippen molar-refractivity contribution in [1.29, 1.82) is 0 Å². The topological polar surface area (TPSA) is 27.3 Å². The van der Waals surface area contributed by atoms with E-state index in [0.717, 1.165) is 24.6 Å². The Morgan fingerprint density at radius 1 is 0.708 bits per heavy atom. The summed E-state index contributed by atoms with van der Waals surface area (Å²) in [4.78, 5) is 3.34. The molecule has 1 fully saturated rings. The van der Waals surface area contributed by atoms with Gasteiger partial charge in [-0.15, -0.1) is 0 Å². The molecule has 1 aliphatic rings. The summed E-state index contributed by atoms with van der Waals surface area (Å²) in [7, 11) is 3.44. The fourth-order valence-electron chi connectivity index (χ4n) is 3.41. The van der Waals surface area contributed by atoms with Crippen LogP contribution >= 0.6 is 0 Å². The molecule has 0 bridgehead atoms. The van der Waals surface area contributed by atoms with E-state index in [4.69, 9.17) is 9.47 Å². The van der Waals surface area contributed by atoms with E-state index < -0.39 is 0 Å². The largest absolute Gasteiger partial charge is 0.497 e. The van der Waals surface area contributed by atoms with Crippen molar-refractivity contribution in [3.05, 3.63) is 59.7 Å². The Kier molecular flexibility index (Phi) is 5.72. The molecule has 0 atom stereocenters. The highest BCUT2D eigenvalue weighted by Gasteiger charge is 2.23. The maximum atomic E-state index is 5.32. The second kappa shape index (κ2) is 8.18. The molecular weight excluding hydrogens is 300 g/mol. The summed E-state index contributed by atoms with van der Waals surface area (Å²) in [6.45, 7) is 7.10. The molecule has 4 heteroatoms. The molecule has 0 saturated carbocycles. The maximum absolute atomic E-state index is 5.32. The van der Waals surface area contributed by atoms with Gasteiger partial charge in [0.2, 0.25) is 0 Å². The first-order valence-electron chi connectivity index (χ1n) is 8.70. The van der Waals surface area contributed by atoms with Crippen molar-refractivity contribution < 1.29 is 19.3 Å². The molecule has 0 aromatic heterocycles. The van der Waals surface area contributed by atoms with Crippen LogP contribution in [0.3, 0.4) is 0 Å². The van der Waals surface area contributed by atoms with Crippen LogP contribution in [0.1, 0.15) is 11.1 Å². The number of methoxy groups -OCH3 is 2. The zero-order chi connectivity index (χ0) is 16.8. The summed E-state index contributed by atoms with van der Waals surface area (Å²) >= 11 is 0. The quantitative estimate of drug-likeness (QED) is 0.792. The van der Waals surface area contributed by atoms with Gasteiger partial charge in [-0.1, -0.05) is 12.1 Å². The van der Waals surface area contributed by atoms with Crippen molar-refractivity contribution >= 4 is 0 Å². The Balaban J connectivity index is 1.48. The standard InChI is InChI=1S/C20H26N2O2/c1-23-19-8-6-17(7-9-19)15-21-10-12-22(13-11-21)16-18-4-3-5-20(14-18)24-2/h3-9,14H,10-13,15-16H2,1-2H3/p+2. The Morgan fingerprint density at radius 2 is 1.29 bits per heavy atom. The molecule has 3 rings (SSSR count). The van der Waals surface area contributed by atoms with Crippen LogP contribution in [-0.4, -0.2) is 40.4 Å². The van der Waals surface area contributed by atoms with Crippen LogP contribution in [0.2, 0.25) is 0 Å². The van der Waals surface area contributed by atoms with Gasteiger partial charge >= 0.3 is 0 Å². The predicted octanol–water partition coefficient (Wildman–Crippen LogP) is 0.187. The second-order valence-corrected chi connectivity index (χ2v) is 6.55. The van der Waals surface area contributed by atoms with E-state index in [0.29, 0.717) is 0 Å². The summed E-state index contributed by atoms with van der Waals surface area (Å²) in [5.41, 5.74) is 2.75. The number of quaternary nitrogens is 2. The van der Waals surface area contributed by atoms with Crippen LogP contribution in [0.4, 0.5) is 0 Å². The average Bonchev–Trinajstić information content (AvgIpc) is 2.64. The summed E-state index contributed by atoms with van der Waals surface area (Å²) in [6, 6.07) is 16.9.